The molecule has 108 valence electrons. The van der Waals surface area contributed by atoms with Crippen molar-refractivity contribution in [2.45, 2.75) is 6.92 Å². The van der Waals surface area contributed by atoms with Gasteiger partial charge in [0.2, 0.25) is 6.79 Å². The Morgan fingerprint density at radius 1 is 1.29 bits per heavy atom. The van der Waals surface area contributed by atoms with Gasteiger partial charge < -0.3 is 9.47 Å². The van der Waals surface area contributed by atoms with Crippen LogP contribution >= 0.6 is 22.9 Å². The lowest BCUT2D eigenvalue weighted by molar-refractivity contribution is 0.0954. The molecule has 0 spiro atoms. The zero-order valence-electron chi connectivity index (χ0n) is 11.1. The molecule has 1 N–H and O–H groups in total. The first kappa shape index (κ1) is 13.9. The van der Waals surface area contributed by atoms with Gasteiger partial charge in [0.05, 0.1) is 14.9 Å². The first-order valence-corrected chi connectivity index (χ1v) is 7.33. The number of halogens is 1. The van der Waals surface area contributed by atoms with Crippen LogP contribution in [0, 0.1) is 0 Å². The molecular formula is C14H11ClN2O3S. The summed E-state index contributed by atoms with van der Waals surface area (Å²) in [6, 6.07) is 8.64. The van der Waals surface area contributed by atoms with Crippen molar-refractivity contribution >= 4 is 34.6 Å². The number of carbonyl (C=O) groups is 1. The number of hydrazone groups is 1. The summed E-state index contributed by atoms with van der Waals surface area (Å²) < 4.78 is 11.1. The molecule has 1 amide bonds. The number of hydrogen-bond donors (Lipinski definition) is 1. The molecule has 0 saturated heterocycles. The number of ether oxygens (including phenoxy) is 2. The Morgan fingerprint density at radius 2 is 2.10 bits per heavy atom. The highest BCUT2D eigenvalue weighted by Gasteiger charge is 2.16. The van der Waals surface area contributed by atoms with Gasteiger partial charge in [0.15, 0.2) is 11.5 Å². The Kier molecular flexibility index (Phi) is 3.81. The lowest BCUT2D eigenvalue weighted by Crippen LogP contribution is -2.19. The molecule has 7 heteroatoms. The fourth-order valence-corrected chi connectivity index (χ4v) is 2.79. The van der Waals surface area contributed by atoms with Gasteiger partial charge in [0, 0.05) is 5.56 Å². The Hall–Kier alpha value is -2.05. The Labute approximate surface area is 130 Å². The molecule has 21 heavy (non-hydrogen) atoms. The van der Waals surface area contributed by atoms with Crippen LogP contribution in [-0.4, -0.2) is 18.4 Å². The van der Waals surface area contributed by atoms with E-state index in [1.54, 1.807) is 24.3 Å². The van der Waals surface area contributed by atoms with Gasteiger partial charge in [0.1, 0.15) is 0 Å². The highest BCUT2D eigenvalue weighted by molar-refractivity contribution is 7.18. The molecule has 1 aliphatic rings. The minimum Gasteiger partial charge on any atom is -0.454 e. The summed E-state index contributed by atoms with van der Waals surface area (Å²) in [6.45, 7) is 1.99. The standard InChI is InChI=1S/C14H11ClN2O3S/c1-8(12-4-5-13(15)21-12)16-17-14(18)9-2-3-10-11(6-9)20-7-19-10/h2-6H,7H2,1H3,(H,17,18). The minimum atomic E-state index is -0.310. The second-order valence-corrected chi connectivity index (χ2v) is 6.03. The van der Waals surface area contributed by atoms with E-state index in [0.717, 1.165) is 4.88 Å². The smallest absolute Gasteiger partial charge is 0.271 e. The van der Waals surface area contributed by atoms with Gasteiger partial charge in [-0.1, -0.05) is 11.6 Å². The maximum atomic E-state index is 12.0. The van der Waals surface area contributed by atoms with Crippen molar-refractivity contribution < 1.29 is 14.3 Å². The summed E-state index contributed by atoms with van der Waals surface area (Å²) in [7, 11) is 0. The third-order valence-corrected chi connectivity index (χ3v) is 4.23. The minimum absolute atomic E-state index is 0.177. The molecule has 0 fully saturated rings. The van der Waals surface area contributed by atoms with Crippen LogP contribution in [0.3, 0.4) is 0 Å². The monoisotopic (exact) mass is 322 g/mol. The fraction of sp³-hybridized carbons (Fsp3) is 0.143. The van der Waals surface area contributed by atoms with Gasteiger partial charge in [-0.05, 0) is 37.3 Å². The first-order valence-electron chi connectivity index (χ1n) is 6.13. The molecule has 1 aromatic heterocycles. The molecule has 2 heterocycles. The summed E-state index contributed by atoms with van der Waals surface area (Å²) >= 11 is 7.27. The predicted octanol–water partition coefficient (Wildman–Crippen LogP) is 3.28. The molecule has 2 aromatic rings. The average molecular weight is 323 g/mol. The number of hydrogen-bond acceptors (Lipinski definition) is 5. The maximum absolute atomic E-state index is 12.0. The topological polar surface area (TPSA) is 59.9 Å². The van der Waals surface area contributed by atoms with Gasteiger partial charge in [-0.2, -0.15) is 5.10 Å². The van der Waals surface area contributed by atoms with Crippen molar-refractivity contribution in [3.05, 3.63) is 45.1 Å². The molecule has 1 aromatic carbocycles. The number of fused-ring (bicyclic) bond motifs is 1. The zero-order chi connectivity index (χ0) is 14.8. The van der Waals surface area contributed by atoms with E-state index in [4.69, 9.17) is 21.1 Å². The number of nitrogens with one attached hydrogen (secondary N) is 1. The molecule has 0 bridgehead atoms. The number of amides is 1. The van der Waals surface area contributed by atoms with Crippen LogP contribution in [-0.2, 0) is 0 Å². The first-order chi connectivity index (χ1) is 10.1. The van der Waals surface area contributed by atoms with Gasteiger partial charge in [-0.25, -0.2) is 5.43 Å². The Bertz CT molecular complexity index is 727. The third kappa shape index (κ3) is 3.01. The second kappa shape index (κ2) is 5.75. The van der Waals surface area contributed by atoms with E-state index >= 15 is 0 Å². The van der Waals surface area contributed by atoms with Crippen LogP contribution in [0.25, 0.3) is 0 Å². The number of nitrogens with zero attached hydrogens (tertiary/aromatic N) is 1. The summed E-state index contributed by atoms with van der Waals surface area (Å²) in [5.41, 5.74) is 3.67. The number of rotatable bonds is 3. The largest absolute Gasteiger partial charge is 0.454 e. The van der Waals surface area contributed by atoms with Crippen molar-refractivity contribution in [1.29, 1.82) is 0 Å². The average Bonchev–Trinajstić information content (AvgIpc) is 3.12. The van der Waals surface area contributed by atoms with Crippen molar-refractivity contribution in [2.75, 3.05) is 6.79 Å². The molecule has 0 atom stereocenters. The Balaban J connectivity index is 1.71. The predicted molar refractivity (Wildman–Crippen MR) is 81.6 cm³/mol. The molecule has 1 aliphatic heterocycles. The van der Waals surface area contributed by atoms with Crippen molar-refractivity contribution in [3.8, 4) is 11.5 Å². The normalized spacial score (nSPS) is 13.3. The van der Waals surface area contributed by atoms with Crippen LogP contribution < -0.4 is 14.9 Å². The number of benzene rings is 1. The van der Waals surface area contributed by atoms with Gasteiger partial charge in [-0.3, -0.25) is 4.79 Å². The lowest BCUT2D eigenvalue weighted by Gasteiger charge is -2.03. The van der Waals surface area contributed by atoms with Crippen molar-refractivity contribution in [1.82, 2.24) is 5.43 Å². The van der Waals surface area contributed by atoms with Crippen LogP contribution in [0.15, 0.2) is 35.4 Å². The molecule has 5 nitrogen and oxygen atoms in total. The third-order valence-electron chi connectivity index (χ3n) is 2.89. The van der Waals surface area contributed by atoms with E-state index in [-0.39, 0.29) is 12.7 Å². The van der Waals surface area contributed by atoms with Gasteiger partial charge >= 0.3 is 0 Å². The maximum Gasteiger partial charge on any atom is 0.271 e. The molecule has 3 rings (SSSR count). The van der Waals surface area contributed by atoms with E-state index < -0.39 is 0 Å². The SMILES string of the molecule is CC(=NNC(=O)c1ccc2c(c1)OCO2)c1ccc(Cl)s1. The van der Waals surface area contributed by atoms with Gasteiger partial charge in [0.25, 0.3) is 5.91 Å². The van der Waals surface area contributed by atoms with E-state index in [1.807, 2.05) is 13.0 Å². The van der Waals surface area contributed by atoms with Crippen molar-refractivity contribution in [3.63, 3.8) is 0 Å². The molecule has 0 unspecified atom stereocenters. The van der Waals surface area contributed by atoms with Crippen molar-refractivity contribution in [2.24, 2.45) is 5.10 Å². The number of thiophene rings is 1. The fourth-order valence-electron chi connectivity index (χ4n) is 1.80. The molecular weight excluding hydrogens is 312 g/mol. The number of carbonyl (C=O) groups excluding carboxylic acids is 1. The van der Waals surface area contributed by atoms with E-state index in [2.05, 4.69) is 10.5 Å². The highest BCUT2D eigenvalue weighted by Crippen LogP contribution is 2.32. The highest BCUT2D eigenvalue weighted by atomic mass is 35.5. The van der Waals surface area contributed by atoms with E-state index in [9.17, 15) is 4.79 Å². The van der Waals surface area contributed by atoms with E-state index in [0.29, 0.717) is 27.1 Å². The second-order valence-electron chi connectivity index (χ2n) is 4.31. The molecule has 0 aliphatic carbocycles. The molecule has 0 saturated carbocycles. The van der Waals surface area contributed by atoms with Crippen LogP contribution in [0.4, 0.5) is 0 Å². The quantitative estimate of drug-likeness (QED) is 0.697. The summed E-state index contributed by atoms with van der Waals surface area (Å²) in [4.78, 5) is 13.0. The van der Waals surface area contributed by atoms with E-state index in [1.165, 1.54) is 11.3 Å². The molecule has 0 radical (unpaired) electrons. The lowest BCUT2D eigenvalue weighted by atomic mass is 10.2. The summed E-state index contributed by atoms with van der Waals surface area (Å²) in [5.74, 6) is 0.892. The van der Waals surface area contributed by atoms with Gasteiger partial charge in [-0.15, -0.1) is 11.3 Å². The zero-order valence-corrected chi connectivity index (χ0v) is 12.6. The Morgan fingerprint density at radius 3 is 2.86 bits per heavy atom. The van der Waals surface area contributed by atoms with Crippen LogP contribution in [0.2, 0.25) is 4.34 Å². The summed E-state index contributed by atoms with van der Waals surface area (Å²) in [6.07, 6.45) is 0. The van der Waals surface area contributed by atoms with Crippen LogP contribution in [0.1, 0.15) is 22.2 Å². The summed E-state index contributed by atoms with van der Waals surface area (Å²) in [5, 5.41) is 4.07. The van der Waals surface area contributed by atoms with Crippen LogP contribution in [0.5, 0.6) is 11.5 Å².